The van der Waals surface area contributed by atoms with Crippen LogP contribution < -0.4 is 10.6 Å². The van der Waals surface area contributed by atoms with E-state index in [2.05, 4.69) is 15.7 Å². The maximum Gasteiger partial charge on any atom is 0.244 e. The second-order valence-corrected chi connectivity index (χ2v) is 7.11. The van der Waals surface area contributed by atoms with Crippen LogP contribution in [0.3, 0.4) is 0 Å². The van der Waals surface area contributed by atoms with Crippen LogP contribution in [0.2, 0.25) is 5.15 Å². The molecule has 10 heteroatoms. The van der Waals surface area contributed by atoms with Crippen molar-refractivity contribution in [1.29, 1.82) is 0 Å². The van der Waals surface area contributed by atoms with Crippen LogP contribution in [0.1, 0.15) is 16.8 Å². The summed E-state index contributed by atoms with van der Waals surface area (Å²) in [5.74, 6) is -6.03. The summed E-state index contributed by atoms with van der Waals surface area (Å²) in [5, 5.41) is 9.08. The van der Waals surface area contributed by atoms with Crippen LogP contribution >= 0.6 is 11.6 Å². The highest BCUT2D eigenvalue weighted by molar-refractivity contribution is 6.31. The van der Waals surface area contributed by atoms with Crippen molar-refractivity contribution in [3.63, 3.8) is 0 Å². The SMILES string of the molecule is Cc1nn(Cc2ccccc2)c(Cl)c1/C=C/C(=O)NCC(=O)Nc1ccc(F)c(F)c1F. The lowest BCUT2D eigenvalue weighted by molar-refractivity contribution is -0.121. The van der Waals surface area contributed by atoms with Gasteiger partial charge in [-0.1, -0.05) is 41.9 Å². The summed E-state index contributed by atoms with van der Waals surface area (Å²) in [6, 6.07) is 11.1. The van der Waals surface area contributed by atoms with Gasteiger partial charge in [-0.2, -0.15) is 5.10 Å². The van der Waals surface area contributed by atoms with Gasteiger partial charge in [0.1, 0.15) is 5.15 Å². The first kappa shape index (κ1) is 23.1. The summed E-state index contributed by atoms with van der Waals surface area (Å²) in [7, 11) is 0. The number of aryl methyl sites for hydroxylation is 1. The Kier molecular flexibility index (Phi) is 7.32. The van der Waals surface area contributed by atoms with Crippen molar-refractivity contribution in [3.8, 4) is 0 Å². The molecule has 0 saturated heterocycles. The fourth-order valence-corrected chi connectivity index (χ4v) is 3.12. The lowest BCUT2D eigenvalue weighted by Gasteiger charge is -2.07. The Balaban J connectivity index is 1.57. The Morgan fingerprint density at radius 1 is 1.09 bits per heavy atom. The molecule has 0 aliphatic heterocycles. The molecule has 0 aliphatic carbocycles. The minimum absolute atomic E-state index is 0.349. The number of anilines is 1. The molecule has 2 N–H and O–H groups in total. The number of rotatable bonds is 7. The number of carbonyl (C=O) groups is 2. The van der Waals surface area contributed by atoms with Crippen LogP contribution in [0.4, 0.5) is 18.9 Å². The molecule has 0 atom stereocenters. The van der Waals surface area contributed by atoms with E-state index < -0.39 is 41.5 Å². The summed E-state index contributed by atoms with van der Waals surface area (Å²) < 4.78 is 41.3. The van der Waals surface area contributed by atoms with Crippen LogP contribution in [0, 0.1) is 24.4 Å². The molecule has 0 unspecified atom stereocenters. The first-order valence-electron chi connectivity index (χ1n) is 9.42. The molecule has 1 aromatic heterocycles. The zero-order valence-corrected chi connectivity index (χ0v) is 17.6. The molecule has 0 spiro atoms. The van der Waals surface area contributed by atoms with Gasteiger partial charge in [0.15, 0.2) is 17.5 Å². The largest absolute Gasteiger partial charge is 0.343 e. The maximum absolute atomic E-state index is 13.6. The number of hydrogen-bond donors (Lipinski definition) is 2. The molecular formula is C22H18ClF3N4O2. The Labute approximate surface area is 186 Å². The lowest BCUT2D eigenvalue weighted by atomic mass is 10.2. The van der Waals surface area contributed by atoms with Crippen molar-refractivity contribution in [1.82, 2.24) is 15.1 Å². The van der Waals surface area contributed by atoms with E-state index in [0.29, 0.717) is 29.0 Å². The lowest BCUT2D eigenvalue weighted by Crippen LogP contribution is -2.32. The zero-order valence-electron chi connectivity index (χ0n) is 16.8. The second kappa shape index (κ2) is 10.1. The third-order valence-corrected chi connectivity index (χ3v) is 4.82. The molecule has 32 heavy (non-hydrogen) atoms. The number of hydrogen-bond acceptors (Lipinski definition) is 3. The fraction of sp³-hybridized carbons (Fsp3) is 0.136. The van der Waals surface area contributed by atoms with Crippen LogP contribution in [0.15, 0.2) is 48.5 Å². The summed E-state index contributed by atoms with van der Waals surface area (Å²) >= 11 is 6.38. The molecule has 2 amide bonds. The molecule has 2 aromatic carbocycles. The second-order valence-electron chi connectivity index (χ2n) is 6.76. The molecule has 0 radical (unpaired) electrons. The maximum atomic E-state index is 13.6. The smallest absolute Gasteiger partial charge is 0.244 e. The van der Waals surface area contributed by atoms with Crippen molar-refractivity contribution in [3.05, 3.63) is 88.0 Å². The van der Waals surface area contributed by atoms with E-state index >= 15 is 0 Å². The number of halogens is 4. The molecule has 0 saturated carbocycles. The number of amides is 2. The van der Waals surface area contributed by atoms with Gasteiger partial charge in [0.05, 0.1) is 24.5 Å². The van der Waals surface area contributed by atoms with Gasteiger partial charge < -0.3 is 10.6 Å². The normalized spacial score (nSPS) is 11.0. The van der Waals surface area contributed by atoms with E-state index in [9.17, 15) is 22.8 Å². The first-order valence-corrected chi connectivity index (χ1v) is 9.80. The first-order chi connectivity index (χ1) is 15.3. The molecule has 0 bridgehead atoms. The van der Waals surface area contributed by atoms with E-state index in [-0.39, 0.29) is 0 Å². The number of nitrogens with one attached hydrogen (secondary N) is 2. The monoisotopic (exact) mass is 462 g/mol. The van der Waals surface area contributed by atoms with Gasteiger partial charge >= 0.3 is 0 Å². The number of benzene rings is 2. The highest BCUT2D eigenvalue weighted by Crippen LogP contribution is 2.22. The predicted octanol–water partition coefficient (Wildman–Crippen LogP) is 4.08. The van der Waals surface area contributed by atoms with Crippen LogP contribution in [-0.4, -0.2) is 28.1 Å². The summed E-state index contributed by atoms with van der Waals surface area (Å²) in [6.07, 6.45) is 2.64. The quantitative estimate of drug-likeness (QED) is 0.410. The predicted molar refractivity (Wildman–Crippen MR) is 115 cm³/mol. The van der Waals surface area contributed by atoms with E-state index in [1.807, 2.05) is 30.3 Å². The molecule has 166 valence electrons. The molecule has 6 nitrogen and oxygen atoms in total. The van der Waals surface area contributed by atoms with Crippen molar-refractivity contribution in [2.75, 3.05) is 11.9 Å². The van der Waals surface area contributed by atoms with Crippen LogP contribution in [-0.2, 0) is 16.1 Å². The van der Waals surface area contributed by atoms with E-state index in [1.54, 1.807) is 11.6 Å². The van der Waals surface area contributed by atoms with Crippen molar-refractivity contribution < 1.29 is 22.8 Å². The number of aromatic nitrogens is 2. The number of carbonyl (C=O) groups excluding carboxylic acids is 2. The Morgan fingerprint density at radius 2 is 1.81 bits per heavy atom. The standard InChI is InChI=1S/C22H18ClF3N4O2/c1-13-15(22(23)30(29-13)12-14-5-3-2-4-6-14)7-10-18(31)27-11-19(32)28-17-9-8-16(24)20(25)21(17)26/h2-10H,11-12H2,1H3,(H,27,31)(H,28,32)/b10-7+. The van der Waals surface area contributed by atoms with Crippen LogP contribution in [0.25, 0.3) is 6.08 Å². The third kappa shape index (κ3) is 5.55. The van der Waals surface area contributed by atoms with Crippen molar-refractivity contribution in [2.24, 2.45) is 0 Å². The molecule has 0 fully saturated rings. The molecular weight excluding hydrogens is 445 g/mol. The highest BCUT2D eigenvalue weighted by Gasteiger charge is 2.16. The van der Waals surface area contributed by atoms with E-state index in [0.717, 1.165) is 11.6 Å². The van der Waals surface area contributed by atoms with Gasteiger partial charge in [-0.15, -0.1) is 0 Å². The number of nitrogens with zero attached hydrogens (tertiary/aromatic N) is 2. The van der Waals surface area contributed by atoms with Crippen molar-refractivity contribution in [2.45, 2.75) is 13.5 Å². The summed E-state index contributed by atoms with van der Waals surface area (Å²) in [5.41, 5.74) is 1.63. The van der Waals surface area contributed by atoms with Gasteiger partial charge in [0.2, 0.25) is 11.8 Å². The van der Waals surface area contributed by atoms with Gasteiger partial charge in [-0.25, -0.2) is 17.9 Å². The zero-order chi connectivity index (χ0) is 23.3. The Morgan fingerprint density at radius 3 is 2.53 bits per heavy atom. The van der Waals surface area contributed by atoms with Gasteiger partial charge in [-0.3, -0.25) is 9.59 Å². The van der Waals surface area contributed by atoms with E-state index in [1.165, 1.54) is 12.2 Å². The molecule has 3 rings (SSSR count). The minimum atomic E-state index is -1.70. The van der Waals surface area contributed by atoms with Gasteiger partial charge in [0.25, 0.3) is 0 Å². The van der Waals surface area contributed by atoms with Crippen LogP contribution in [0.5, 0.6) is 0 Å². The highest BCUT2D eigenvalue weighted by atomic mass is 35.5. The Bertz CT molecular complexity index is 1180. The summed E-state index contributed by atoms with van der Waals surface area (Å²) in [4.78, 5) is 23.9. The topological polar surface area (TPSA) is 76.0 Å². The minimum Gasteiger partial charge on any atom is -0.343 e. The van der Waals surface area contributed by atoms with Gasteiger partial charge in [-0.05, 0) is 30.7 Å². The third-order valence-electron chi connectivity index (χ3n) is 4.42. The Hall–Kier alpha value is -3.59. The molecule has 1 heterocycles. The van der Waals surface area contributed by atoms with E-state index in [4.69, 9.17) is 11.6 Å². The van der Waals surface area contributed by atoms with Gasteiger partial charge in [0, 0.05) is 11.6 Å². The molecule has 0 aliphatic rings. The molecule has 3 aromatic rings. The average Bonchev–Trinajstić information content (AvgIpc) is 3.04. The van der Waals surface area contributed by atoms with Crippen molar-refractivity contribution >= 4 is 35.2 Å². The average molecular weight is 463 g/mol. The fourth-order valence-electron chi connectivity index (χ4n) is 2.82. The summed E-state index contributed by atoms with van der Waals surface area (Å²) in [6.45, 7) is 1.69.